The van der Waals surface area contributed by atoms with E-state index in [1.165, 1.54) is 12.1 Å². The van der Waals surface area contributed by atoms with Crippen LogP contribution >= 0.6 is 0 Å². The molecule has 160 valence electrons. The number of nitrogens with zero attached hydrogens (tertiary/aromatic N) is 3. The Labute approximate surface area is 169 Å². The summed E-state index contributed by atoms with van der Waals surface area (Å²) in [7, 11) is 1.88. The Hall–Kier alpha value is -2.06. The molecule has 1 aromatic carbocycles. The third kappa shape index (κ3) is 5.96. The molecule has 1 unspecified atom stereocenters. The summed E-state index contributed by atoms with van der Waals surface area (Å²) < 4.78 is 51.2. The molecule has 29 heavy (non-hydrogen) atoms. The molecule has 5 nitrogen and oxygen atoms in total. The summed E-state index contributed by atoms with van der Waals surface area (Å²) in [5, 5.41) is 4.60. The highest BCUT2D eigenvalue weighted by Gasteiger charge is 2.30. The average molecular weight is 411 g/mol. The topological polar surface area (TPSA) is 39.5 Å². The maximum atomic E-state index is 12.6. The third-order valence-electron chi connectivity index (χ3n) is 4.91. The van der Waals surface area contributed by atoms with Crippen LogP contribution in [0.15, 0.2) is 30.3 Å². The van der Waals surface area contributed by atoms with Gasteiger partial charge in [0.25, 0.3) is 0 Å². The highest BCUT2D eigenvalue weighted by atomic mass is 19.4. The first kappa shape index (κ1) is 21.6. The molecule has 0 bridgehead atoms. The molecule has 1 atom stereocenters. The van der Waals surface area contributed by atoms with Crippen molar-refractivity contribution in [2.24, 2.45) is 13.0 Å². The van der Waals surface area contributed by atoms with Gasteiger partial charge in [0.05, 0.1) is 24.5 Å². The van der Waals surface area contributed by atoms with Crippen molar-refractivity contribution >= 4 is 0 Å². The van der Waals surface area contributed by atoms with Crippen LogP contribution in [0.5, 0.6) is 5.75 Å². The number of rotatable bonds is 7. The van der Waals surface area contributed by atoms with Gasteiger partial charge >= 0.3 is 6.18 Å². The molecule has 0 N–H and O–H groups in total. The summed E-state index contributed by atoms with van der Waals surface area (Å²) in [6.45, 7) is 8.28. The van der Waals surface area contributed by atoms with E-state index in [9.17, 15) is 13.2 Å². The summed E-state index contributed by atoms with van der Waals surface area (Å²) in [5.74, 6) is 1.02. The lowest BCUT2D eigenvalue weighted by Crippen LogP contribution is -2.40. The largest absolute Gasteiger partial charge is 0.493 e. The predicted molar refractivity (Wildman–Crippen MR) is 104 cm³/mol. The van der Waals surface area contributed by atoms with Gasteiger partial charge in [0.15, 0.2) is 0 Å². The zero-order chi connectivity index (χ0) is 21.0. The fourth-order valence-electron chi connectivity index (χ4n) is 3.50. The number of alkyl halides is 3. The molecule has 1 fully saturated rings. The molecule has 0 radical (unpaired) electrons. The van der Waals surface area contributed by atoms with E-state index in [1.807, 2.05) is 17.8 Å². The second kappa shape index (κ2) is 9.17. The van der Waals surface area contributed by atoms with E-state index in [1.54, 1.807) is 0 Å². The first-order valence-corrected chi connectivity index (χ1v) is 9.89. The van der Waals surface area contributed by atoms with Crippen molar-refractivity contribution in [2.45, 2.75) is 32.5 Å². The van der Waals surface area contributed by atoms with Crippen LogP contribution < -0.4 is 4.74 Å². The van der Waals surface area contributed by atoms with Crippen molar-refractivity contribution in [1.29, 1.82) is 0 Å². The molecular weight excluding hydrogens is 383 g/mol. The van der Waals surface area contributed by atoms with Crippen molar-refractivity contribution in [3.8, 4) is 5.75 Å². The number of hydrogen-bond donors (Lipinski definition) is 0. The lowest BCUT2D eigenvalue weighted by molar-refractivity contribution is -0.137. The molecule has 0 saturated carbocycles. The number of hydrogen-bond acceptors (Lipinski definition) is 4. The second-order valence-electron chi connectivity index (χ2n) is 7.82. The van der Waals surface area contributed by atoms with Crippen molar-refractivity contribution in [1.82, 2.24) is 14.7 Å². The van der Waals surface area contributed by atoms with Gasteiger partial charge in [-0.2, -0.15) is 18.3 Å². The number of benzene rings is 1. The standard InChI is InChI=1S/C21H28F3N3O2/c1-15(2)13-27-9-11-29-20(14-27)19-12-17(26(3)25-19)8-10-28-18-6-4-16(5-7-18)21(22,23)24/h4-7,12,15,20H,8-11,13-14H2,1-3H3. The molecule has 0 amide bonds. The Morgan fingerprint density at radius 3 is 2.62 bits per heavy atom. The van der Waals surface area contributed by atoms with Crippen molar-refractivity contribution in [3.63, 3.8) is 0 Å². The number of aromatic nitrogens is 2. The lowest BCUT2D eigenvalue weighted by Gasteiger charge is -2.33. The van der Waals surface area contributed by atoms with E-state index < -0.39 is 11.7 Å². The van der Waals surface area contributed by atoms with Gasteiger partial charge in [0.2, 0.25) is 0 Å². The van der Waals surface area contributed by atoms with Gasteiger partial charge in [0, 0.05) is 38.8 Å². The maximum Gasteiger partial charge on any atom is 0.416 e. The van der Waals surface area contributed by atoms with Crippen LogP contribution in [0, 0.1) is 5.92 Å². The van der Waals surface area contributed by atoms with Crippen LogP contribution in [-0.4, -0.2) is 47.5 Å². The van der Waals surface area contributed by atoms with Gasteiger partial charge < -0.3 is 9.47 Å². The summed E-state index contributed by atoms with van der Waals surface area (Å²) in [6.07, 6.45) is -3.78. The van der Waals surface area contributed by atoms with Gasteiger partial charge in [-0.3, -0.25) is 9.58 Å². The van der Waals surface area contributed by atoms with Crippen molar-refractivity contribution in [3.05, 3.63) is 47.3 Å². The van der Waals surface area contributed by atoms with E-state index in [-0.39, 0.29) is 6.10 Å². The Kier molecular flexibility index (Phi) is 6.85. The Morgan fingerprint density at radius 2 is 1.97 bits per heavy atom. The van der Waals surface area contributed by atoms with Gasteiger partial charge in [0.1, 0.15) is 11.9 Å². The van der Waals surface area contributed by atoms with E-state index in [2.05, 4.69) is 23.8 Å². The van der Waals surface area contributed by atoms with Gasteiger partial charge in [-0.25, -0.2) is 0 Å². The predicted octanol–water partition coefficient (Wildman–Crippen LogP) is 4.09. The van der Waals surface area contributed by atoms with Crippen LogP contribution in [0.2, 0.25) is 0 Å². The van der Waals surface area contributed by atoms with E-state index in [0.29, 0.717) is 31.3 Å². The molecule has 2 heterocycles. The Bertz CT molecular complexity index is 787. The zero-order valence-electron chi connectivity index (χ0n) is 17.1. The summed E-state index contributed by atoms with van der Waals surface area (Å²) in [6, 6.07) is 6.77. The Morgan fingerprint density at radius 1 is 1.24 bits per heavy atom. The molecule has 1 saturated heterocycles. The number of halogens is 3. The van der Waals surface area contributed by atoms with Crippen LogP contribution in [0.3, 0.4) is 0 Å². The number of ether oxygens (including phenoxy) is 2. The van der Waals surface area contributed by atoms with Gasteiger partial charge in [-0.15, -0.1) is 0 Å². The van der Waals surface area contributed by atoms with Crippen LogP contribution in [0.4, 0.5) is 13.2 Å². The van der Waals surface area contributed by atoms with Crippen molar-refractivity contribution < 1.29 is 22.6 Å². The first-order chi connectivity index (χ1) is 13.7. The summed E-state index contributed by atoms with van der Waals surface area (Å²) in [4.78, 5) is 2.40. The lowest BCUT2D eigenvalue weighted by atomic mass is 10.1. The fourth-order valence-corrected chi connectivity index (χ4v) is 3.50. The van der Waals surface area contributed by atoms with Crippen LogP contribution in [0.1, 0.15) is 36.9 Å². The average Bonchev–Trinajstić information content (AvgIpc) is 3.02. The number of morpholine rings is 1. The van der Waals surface area contributed by atoms with E-state index in [0.717, 1.165) is 43.2 Å². The quantitative estimate of drug-likeness (QED) is 0.688. The normalized spacial score (nSPS) is 18.4. The highest BCUT2D eigenvalue weighted by molar-refractivity contribution is 5.28. The molecular formula is C21H28F3N3O2. The summed E-state index contributed by atoms with van der Waals surface area (Å²) in [5.41, 5.74) is 1.22. The molecule has 1 aliphatic heterocycles. The second-order valence-corrected chi connectivity index (χ2v) is 7.82. The van der Waals surface area contributed by atoms with Crippen LogP contribution in [-0.2, 0) is 24.4 Å². The summed E-state index contributed by atoms with van der Waals surface area (Å²) >= 11 is 0. The molecule has 3 rings (SSSR count). The van der Waals surface area contributed by atoms with Gasteiger partial charge in [-0.1, -0.05) is 13.8 Å². The monoisotopic (exact) mass is 411 g/mol. The highest BCUT2D eigenvalue weighted by Crippen LogP contribution is 2.30. The smallest absolute Gasteiger partial charge is 0.416 e. The molecule has 1 aliphatic rings. The molecule has 8 heteroatoms. The minimum Gasteiger partial charge on any atom is -0.493 e. The van der Waals surface area contributed by atoms with Crippen molar-refractivity contribution in [2.75, 3.05) is 32.8 Å². The molecule has 1 aromatic heterocycles. The SMILES string of the molecule is CC(C)CN1CCOC(c2cc(CCOc3ccc(C(F)(F)F)cc3)n(C)n2)C1. The third-order valence-corrected chi connectivity index (χ3v) is 4.91. The van der Waals surface area contributed by atoms with E-state index in [4.69, 9.17) is 9.47 Å². The molecule has 2 aromatic rings. The molecule has 0 spiro atoms. The van der Waals surface area contributed by atoms with Gasteiger partial charge in [-0.05, 0) is 36.2 Å². The number of aryl methyl sites for hydroxylation is 1. The maximum absolute atomic E-state index is 12.6. The molecule has 0 aliphatic carbocycles. The minimum absolute atomic E-state index is 0.0433. The van der Waals surface area contributed by atoms with Crippen LogP contribution in [0.25, 0.3) is 0 Å². The van der Waals surface area contributed by atoms with E-state index >= 15 is 0 Å². The Balaban J connectivity index is 1.54. The fraction of sp³-hybridized carbons (Fsp3) is 0.571. The minimum atomic E-state index is -4.34. The zero-order valence-corrected chi connectivity index (χ0v) is 17.1. The first-order valence-electron chi connectivity index (χ1n) is 9.89.